The van der Waals surface area contributed by atoms with Crippen molar-refractivity contribution >= 4 is 29.3 Å². The molecule has 176 valence electrons. The molecule has 0 aliphatic carbocycles. The van der Waals surface area contributed by atoms with Crippen LogP contribution in [0.25, 0.3) is 0 Å². The van der Waals surface area contributed by atoms with Gasteiger partial charge in [-0.15, -0.1) is 11.8 Å². The second kappa shape index (κ2) is 11.1. The van der Waals surface area contributed by atoms with Crippen molar-refractivity contribution in [2.75, 3.05) is 32.2 Å². The maximum Gasteiger partial charge on any atom is 0.240 e. The van der Waals surface area contributed by atoms with Crippen LogP contribution in [-0.4, -0.2) is 39.1 Å². The fraction of sp³-hybridized carbons (Fsp3) is 0.259. The van der Waals surface area contributed by atoms with Gasteiger partial charge in [-0.25, -0.2) is 0 Å². The quantitative estimate of drug-likeness (QED) is 0.513. The molecule has 0 fully saturated rings. The van der Waals surface area contributed by atoms with Gasteiger partial charge in [0.25, 0.3) is 0 Å². The molecule has 1 N–H and O–H groups in total. The topological polar surface area (TPSA) is 67.9 Å². The van der Waals surface area contributed by atoms with E-state index in [1.165, 1.54) is 0 Å². The molecule has 7 heteroatoms. The number of hydrogen-bond acceptors (Lipinski definition) is 5. The summed E-state index contributed by atoms with van der Waals surface area (Å²) in [5.41, 5.74) is 2.90. The third kappa shape index (κ3) is 5.54. The predicted octanol–water partition coefficient (Wildman–Crippen LogP) is 4.63. The lowest BCUT2D eigenvalue weighted by molar-refractivity contribution is -0.123. The monoisotopic (exact) mass is 476 g/mol. The normalized spacial score (nSPS) is 15.3. The number of ether oxygens (including phenoxy) is 2. The van der Waals surface area contributed by atoms with Gasteiger partial charge >= 0.3 is 0 Å². The van der Waals surface area contributed by atoms with Crippen LogP contribution in [0, 0.1) is 0 Å². The van der Waals surface area contributed by atoms with Crippen molar-refractivity contribution in [3.05, 3.63) is 83.9 Å². The minimum atomic E-state index is -0.173. The van der Waals surface area contributed by atoms with Crippen molar-refractivity contribution in [3.8, 4) is 11.5 Å². The minimum absolute atomic E-state index is 0.0101. The van der Waals surface area contributed by atoms with Gasteiger partial charge in [-0.05, 0) is 41.8 Å². The summed E-state index contributed by atoms with van der Waals surface area (Å²) in [4.78, 5) is 28.6. The van der Waals surface area contributed by atoms with Crippen LogP contribution in [-0.2, 0) is 16.0 Å². The van der Waals surface area contributed by atoms with Crippen LogP contribution in [0.15, 0.2) is 77.7 Å². The van der Waals surface area contributed by atoms with E-state index in [4.69, 9.17) is 9.47 Å². The van der Waals surface area contributed by atoms with E-state index in [1.54, 1.807) is 30.9 Å². The Morgan fingerprint density at radius 1 is 1.00 bits per heavy atom. The van der Waals surface area contributed by atoms with E-state index in [0.29, 0.717) is 18.0 Å². The van der Waals surface area contributed by atoms with Crippen LogP contribution in [0.2, 0.25) is 0 Å². The molecule has 1 aliphatic rings. The third-order valence-corrected chi connectivity index (χ3v) is 7.07. The highest BCUT2D eigenvalue weighted by Crippen LogP contribution is 2.46. The second-order valence-corrected chi connectivity index (χ2v) is 9.20. The molecule has 4 rings (SSSR count). The summed E-state index contributed by atoms with van der Waals surface area (Å²) in [6.45, 7) is 0.513. The molecule has 3 aromatic carbocycles. The molecule has 2 amide bonds. The zero-order valence-electron chi connectivity index (χ0n) is 19.3. The molecule has 0 bridgehead atoms. The number of carbonyl (C=O) groups is 2. The minimum Gasteiger partial charge on any atom is -0.493 e. The van der Waals surface area contributed by atoms with Crippen molar-refractivity contribution in [2.45, 2.75) is 23.0 Å². The lowest BCUT2D eigenvalue weighted by Crippen LogP contribution is -2.41. The first-order chi connectivity index (χ1) is 16.6. The molecule has 0 saturated heterocycles. The fourth-order valence-corrected chi connectivity index (χ4v) is 5.25. The number of nitrogens with one attached hydrogen (secondary N) is 1. The summed E-state index contributed by atoms with van der Waals surface area (Å²) >= 11 is 1.62. The number of hydrogen-bond donors (Lipinski definition) is 1. The van der Waals surface area contributed by atoms with Crippen LogP contribution in [0.3, 0.4) is 0 Å². The van der Waals surface area contributed by atoms with Crippen LogP contribution in [0.1, 0.15) is 22.8 Å². The lowest BCUT2D eigenvalue weighted by atomic mass is 10.1. The zero-order valence-corrected chi connectivity index (χ0v) is 20.1. The summed E-state index contributed by atoms with van der Waals surface area (Å²) in [6.07, 6.45) is 1.01. The molecule has 0 aromatic heterocycles. The van der Waals surface area contributed by atoms with E-state index >= 15 is 0 Å². The van der Waals surface area contributed by atoms with Crippen molar-refractivity contribution in [1.29, 1.82) is 0 Å². The highest BCUT2D eigenvalue weighted by Gasteiger charge is 2.30. The number of rotatable bonds is 8. The van der Waals surface area contributed by atoms with Gasteiger partial charge in [0.2, 0.25) is 11.8 Å². The summed E-state index contributed by atoms with van der Waals surface area (Å²) in [5, 5.41) is 2.84. The van der Waals surface area contributed by atoms with Gasteiger partial charge in [0.05, 0.1) is 19.9 Å². The first-order valence-corrected chi connectivity index (χ1v) is 12.1. The van der Waals surface area contributed by atoms with Crippen molar-refractivity contribution in [1.82, 2.24) is 5.32 Å². The standard InChI is InChI=1S/C27H28N2O4S/c1-32-22-13-12-20(16-23(22)33-2)25-17-27(31)29(21-10-6-7-11-24(21)34-25)18-26(30)28-15-14-19-8-4-3-5-9-19/h3-13,16,25H,14-15,17-18H2,1-2H3,(H,28,30). The van der Waals surface area contributed by atoms with Crippen LogP contribution >= 0.6 is 11.8 Å². The number of nitrogens with zero attached hydrogens (tertiary/aromatic N) is 1. The number of amides is 2. The van der Waals surface area contributed by atoms with E-state index in [-0.39, 0.29) is 30.0 Å². The number of para-hydroxylation sites is 1. The smallest absolute Gasteiger partial charge is 0.240 e. The predicted molar refractivity (Wildman–Crippen MR) is 135 cm³/mol. The summed E-state index contributed by atoms with van der Waals surface area (Å²) < 4.78 is 10.8. The summed E-state index contributed by atoms with van der Waals surface area (Å²) in [7, 11) is 3.20. The summed E-state index contributed by atoms with van der Waals surface area (Å²) in [6, 6.07) is 23.5. The van der Waals surface area contributed by atoms with E-state index in [9.17, 15) is 9.59 Å². The molecule has 1 atom stereocenters. The van der Waals surface area contributed by atoms with E-state index in [2.05, 4.69) is 5.32 Å². The number of fused-ring (bicyclic) bond motifs is 1. The largest absolute Gasteiger partial charge is 0.493 e. The average Bonchev–Trinajstić information content (AvgIpc) is 3.00. The maximum atomic E-state index is 13.3. The lowest BCUT2D eigenvalue weighted by Gasteiger charge is -2.22. The molecule has 0 radical (unpaired) electrons. The van der Waals surface area contributed by atoms with Gasteiger partial charge in [-0.1, -0.05) is 48.5 Å². The molecule has 34 heavy (non-hydrogen) atoms. The molecule has 1 aliphatic heterocycles. The Morgan fingerprint density at radius 3 is 2.50 bits per heavy atom. The number of benzene rings is 3. The fourth-order valence-electron chi connectivity index (χ4n) is 3.98. The number of carbonyl (C=O) groups excluding carboxylic acids is 2. The van der Waals surface area contributed by atoms with Crippen LogP contribution in [0.4, 0.5) is 5.69 Å². The Bertz CT molecular complexity index is 1150. The first-order valence-electron chi connectivity index (χ1n) is 11.2. The molecular formula is C27H28N2O4S. The Hall–Kier alpha value is -3.45. The molecule has 6 nitrogen and oxygen atoms in total. The number of anilines is 1. The van der Waals surface area contributed by atoms with Gasteiger partial charge in [0.1, 0.15) is 6.54 Å². The molecule has 0 spiro atoms. The molecule has 1 unspecified atom stereocenters. The third-order valence-electron chi connectivity index (χ3n) is 5.75. The van der Waals surface area contributed by atoms with E-state index < -0.39 is 0 Å². The van der Waals surface area contributed by atoms with Gasteiger partial charge < -0.3 is 19.7 Å². The average molecular weight is 477 g/mol. The Balaban J connectivity index is 1.49. The number of methoxy groups -OCH3 is 2. The number of thioether (sulfide) groups is 1. The van der Waals surface area contributed by atoms with Crippen molar-refractivity contribution < 1.29 is 19.1 Å². The molecular weight excluding hydrogens is 448 g/mol. The van der Waals surface area contributed by atoms with E-state index in [1.807, 2.05) is 72.8 Å². The molecule has 1 heterocycles. The highest BCUT2D eigenvalue weighted by atomic mass is 32.2. The van der Waals surface area contributed by atoms with Crippen molar-refractivity contribution in [2.24, 2.45) is 0 Å². The zero-order chi connectivity index (χ0) is 23.9. The van der Waals surface area contributed by atoms with E-state index in [0.717, 1.165) is 28.1 Å². The van der Waals surface area contributed by atoms with Crippen molar-refractivity contribution in [3.63, 3.8) is 0 Å². The Kier molecular flexibility index (Phi) is 7.75. The van der Waals surface area contributed by atoms with Gasteiger partial charge in [-0.3, -0.25) is 9.59 Å². The Labute approximate surface area is 204 Å². The highest BCUT2D eigenvalue weighted by molar-refractivity contribution is 7.99. The second-order valence-electron chi connectivity index (χ2n) is 7.96. The maximum absolute atomic E-state index is 13.3. The van der Waals surface area contributed by atoms with Gasteiger partial charge in [0, 0.05) is 23.1 Å². The Morgan fingerprint density at radius 2 is 1.74 bits per heavy atom. The van der Waals surface area contributed by atoms with Gasteiger partial charge in [-0.2, -0.15) is 0 Å². The first kappa shape index (κ1) is 23.7. The summed E-state index contributed by atoms with van der Waals surface area (Å²) in [5.74, 6) is 1.01. The van der Waals surface area contributed by atoms with Crippen LogP contribution < -0.4 is 19.7 Å². The van der Waals surface area contributed by atoms with Gasteiger partial charge in [0.15, 0.2) is 11.5 Å². The van der Waals surface area contributed by atoms with Crippen LogP contribution in [0.5, 0.6) is 11.5 Å². The molecule has 3 aromatic rings. The molecule has 0 saturated carbocycles. The SMILES string of the molecule is COc1ccc(C2CC(=O)N(CC(=O)NCCc3ccccc3)c3ccccc3S2)cc1OC.